The van der Waals surface area contributed by atoms with Crippen molar-refractivity contribution in [3.8, 4) is 11.5 Å². The maximum absolute atomic E-state index is 6.44. The molecule has 29 heavy (non-hydrogen) atoms. The van der Waals surface area contributed by atoms with Gasteiger partial charge in [0, 0.05) is 22.6 Å². The van der Waals surface area contributed by atoms with Gasteiger partial charge in [-0.15, -0.1) is 0 Å². The maximum atomic E-state index is 6.44. The minimum atomic E-state index is -0.281. The van der Waals surface area contributed by atoms with E-state index < -0.39 is 0 Å². The first-order valence-electron chi connectivity index (χ1n) is 9.93. The molecular weight excluding hydrogens is 366 g/mol. The summed E-state index contributed by atoms with van der Waals surface area (Å²) in [6, 6.07) is 11.8. The van der Waals surface area contributed by atoms with Crippen LogP contribution < -0.4 is 15.2 Å². The number of nitrogens with two attached hydrogens (primary N) is 1. The van der Waals surface area contributed by atoms with Crippen molar-refractivity contribution < 1.29 is 18.3 Å². The number of nitrogen functional groups attached to an aromatic ring is 1. The fraction of sp³-hybridized carbons (Fsp3) is 0.417. The van der Waals surface area contributed by atoms with Crippen LogP contribution in [0.15, 0.2) is 45.2 Å². The Balaban J connectivity index is 1.86. The van der Waals surface area contributed by atoms with E-state index in [0.717, 1.165) is 28.6 Å². The average Bonchev–Trinajstić information content (AvgIpc) is 3.34. The third-order valence-corrected chi connectivity index (χ3v) is 5.19. The molecule has 1 aliphatic rings. The first kappa shape index (κ1) is 19.5. The van der Waals surface area contributed by atoms with Crippen LogP contribution in [0.5, 0.6) is 11.5 Å². The summed E-state index contributed by atoms with van der Waals surface area (Å²) in [5, 5.41) is 0. The lowest BCUT2D eigenvalue weighted by molar-refractivity contribution is 0.174. The van der Waals surface area contributed by atoms with Gasteiger partial charge in [0.05, 0.1) is 0 Å². The second-order valence-corrected chi connectivity index (χ2v) is 9.67. The molecule has 4 rings (SSSR count). The molecule has 0 spiro atoms. The second-order valence-electron chi connectivity index (χ2n) is 9.67. The summed E-state index contributed by atoms with van der Waals surface area (Å²) in [6.07, 6.45) is 0. The van der Waals surface area contributed by atoms with E-state index in [1.54, 1.807) is 0 Å². The maximum Gasteiger partial charge on any atom is 0.231 e. The van der Waals surface area contributed by atoms with Crippen LogP contribution >= 0.6 is 0 Å². The topological polar surface area (TPSA) is 70.8 Å². The minimum absolute atomic E-state index is 0.0943. The molecule has 2 aromatic heterocycles. The van der Waals surface area contributed by atoms with Gasteiger partial charge >= 0.3 is 0 Å². The van der Waals surface area contributed by atoms with E-state index in [0.29, 0.717) is 17.2 Å². The number of hydrogen-bond acceptors (Lipinski definition) is 5. The van der Waals surface area contributed by atoms with Crippen molar-refractivity contribution in [2.75, 3.05) is 12.5 Å². The first-order valence-corrected chi connectivity index (χ1v) is 9.93. The van der Waals surface area contributed by atoms with Crippen molar-refractivity contribution in [1.82, 2.24) is 0 Å². The van der Waals surface area contributed by atoms with Crippen LogP contribution in [0.4, 0.5) is 5.69 Å². The molecule has 0 atom stereocenters. The number of fused-ring (bicyclic) bond motifs is 1. The number of furan rings is 2. The van der Waals surface area contributed by atoms with Crippen LogP contribution in [0.3, 0.4) is 0 Å². The van der Waals surface area contributed by atoms with E-state index >= 15 is 0 Å². The number of benzene rings is 1. The van der Waals surface area contributed by atoms with Crippen LogP contribution in [0.1, 0.15) is 76.1 Å². The quantitative estimate of drug-likeness (QED) is 0.554. The lowest BCUT2D eigenvalue weighted by atomic mass is 9.92. The molecule has 0 fully saturated rings. The van der Waals surface area contributed by atoms with Crippen LogP contribution in [0, 0.1) is 0 Å². The summed E-state index contributed by atoms with van der Waals surface area (Å²) in [6.45, 7) is 13.0. The molecule has 0 aliphatic carbocycles. The molecule has 3 heterocycles. The van der Waals surface area contributed by atoms with Gasteiger partial charge in [-0.2, -0.15) is 0 Å². The molecule has 0 bridgehead atoms. The molecule has 2 N–H and O–H groups in total. The third kappa shape index (κ3) is 3.61. The predicted octanol–water partition coefficient (Wildman–Crippen LogP) is 5.96. The summed E-state index contributed by atoms with van der Waals surface area (Å²) in [5.41, 5.74) is 7.73. The highest BCUT2D eigenvalue weighted by atomic mass is 16.7. The number of anilines is 1. The lowest BCUT2D eigenvalue weighted by Crippen LogP contribution is -2.10. The molecule has 1 aromatic carbocycles. The number of hydrogen-bond donors (Lipinski definition) is 1. The van der Waals surface area contributed by atoms with Crippen molar-refractivity contribution >= 4 is 5.69 Å². The van der Waals surface area contributed by atoms with Crippen LogP contribution in [-0.4, -0.2) is 6.79 Å². The Morgan fingerprint density at radius 3 is 1.69 bits per heavy atom. The number of ether oxygens (including phenoxy) is 2. The van der Waals surface area contributed by atoms with Crippen LogP contribution in [0.25, 0.3) is 0 Å². The van der Waals surface area contributed by atoms with Crippen molar-refractivity contribution in [1.29, 1.82) is 0 Å². The normalized spacial score (nSPS) is 14.0. The second kappa shape index (κ2) is 6.61. The van der Waals surface area contributed by atoms with Gasteiger partial charge in [0.2, 0.25) is 6.79 Å². The Kier molecular flexibility index (Phi) is 4.45. The molecule has 1 aliphatic heterocycles. The molecular formula is C24H29NO4. The van der Waals surface area contributed by atoms with Crippen molar-refractivity contribution in [3.05, 3.63) is 65.0 Å². The van der Waals surface area contributed by atoms with Crippen molar-refractivity contribution in [3.63, 3.8) is 0 Å². The smallest absolute Gasteiger partial charge is 0.231 e. The Morgan fingerprint density at radius 2 is 1.24 bits per heavy atom. The molecule has 0 amide bonds. The standard InChI is InChI=1S/C24H29NO4/c1-23(2,3)20-9-7-16(28-20)22(17-8-10-21(29-17)24(4,5)6)14-11-18-19(12-15(14)25)27-13-26-18/h7-12,22H,13,25H2,1-6H3. The molecule has 0 saturated heterocycles. The molecule has 0 radical (unpaired) electrons. The zero-order valence-corrected chi connectivity index (χ0v) is 18.0. The number of rotatable bonds is 3. The van der Waals surface area contributed by atoms with Crippen molar-refractivity contribution in [2.45, 2.75) is 58.3 Å². The van der Waals surface area contributed by atoms with Gasteiger partial charge in [-0.1, -0.05) is 41.5 Å². The average molecular weight is 395 g/mol. The van der Waals surface area contributed by atoms with E-state index in [9.17, 15) is 0 Å². The first-order chi connectivity index (χ1) is 13.5. The third-order valence-electron chi connectivity index (χ3n) is 5.19. The van der Waals surface area contributed by atoms with Gasteiger partial charge in [-0.3, -0.25) is 0 Å². The molecule has 3 aromatic rings. The Bertz CT molecular complexity index is 978. The van der Waals surface area contributed by atoms with Crippen LogP contribution in [0.2, 0.25) is 0 Å². The molecule has 5 heteroatoms. The van der Waals surface area contributed by atoms with E-state index in [-0.39, 0.29) is 23.5 Å². The van der Waals surface area contributed by atoms with E-state index in [1.807, 2.05) is 36.4 Å². The molecule has 5 nitrogen and oxygen atoms in total. The summed E-state index contributed by atoms with van der Waals surface area (Å²) >= 11 is 0. The van der Waals surface area contributed by atoms with Gasteiger partial charge in [0.1, 0.15) is 29.0 Å². The van der Waals surface area contributed by atoms with Gasteiger partial charge in [0.15, 0.2) is 11.5 Å². The molecule has 0 unspecified atom stereocenters. The van der Waals surface area contributed by atoms with E-state index in [1.165, 1.54) is 0 Å². The summed E-state index contributed by atoms with van der Waals surface area (Å²) in [4.78, 5) is 0. The Morgan fingerprint density at radius 1 is 0.759 bits per heavy atom. The Labute approximate surface area is 171 Å². The van der Waals surface area contributed by atoms with Gasteiger partial charge in [-0.25, -0.2) is 0 Å². The summed E-state index contributed by atoms with van der Waals surface area (Å²) in [5.74, 6) is 4.47. The molecule has 154 valence electrons. The lowest BCUT2D eigenvalue weighted by Gasteiger charge is -2.19. The minimum Gasteiger partial charge on any atom is -0.464 e. The highest BCUT2D eigenvalue weighted by molar-refractivity contribution is 5.62. The molecule has 0 saturated carbocycles. The SMILES string of the molecule is CC(C)(C)c1ccc(C(c2ccc(C(C)(C)C)o2)c2cc3c(cc2N)OCO3)o1. The zero-order valence-electron chi connectivity index (χ0n) is 18.0. The van der Waals surface area contributed by atoms with E-state index in [4.69, 9.17) is 24.0 Å². The van der Waals surface area contributed by atoms with Gasteiger partial charge < -0.3 is 24.0 Å². The van der Waals surface area contributed by atoms with Gasteiger partial charge in [-0.05, 0) is 35.9 Å². The monoisotopic (exact) mass is 395 g/mol. The predicted molar refractivity (Wildman–Crippen MR) is 113 cm³/mol. The fourth-order valence-electron chi connectivity index (χ4n) is 3.49. The summed E-state index contributed by atoms with van der Waals surface area (Å²) < 4.78 is 23.7. The zero-order chi connectivity index (χ0) is 21.0. The highest BCUT2D eigenvalue weighted by Crippen LogP contribution is 2.44. The van der Waals surface area contributed by atoms with Crippen molar-refractivity contribution in [2.24, 2.45) is 0 Å². The fourth-order valence-corrected chi connectivity index (χ4v) is 3.49. The highest BCUT2D eigenvalue weighted by Gasteiger charge is 2.31. The summed E-state index contributed by atoms with van der Waals surface area (Å²) in [7, 11) is 0. The van der Waals surface area contributed by atoms with Gasteiger partial charge in [0.25, 0.3) is 0 Å². The van der Waals surface area contributed by atoms with Crippen LogP contribution in [-0.2, 0) is 10.8 Å². The van der Waals surface area contributed by atoms with E-state index in [2.05, 4.69) is 41.5 Å². The largest absolute Gasteiger partial charge is 0.464 e. The Hall–Kier alpha value is -2.82.